The molecule has 0 aliphatic carbocycles. The molecule has 20 heavy (non-hydrogen) atoms. The second-order valence-electron chi connectivity index (χ2n) is 4.36. The Balaban J connectivity index is 1.84. The first-order valence-electron chi connectivity index (χ1n) is 6.25. The van der Waals surface area contributed by atoms with Crippen molar-refractivity contribution in [1.82, 2.24) is 5.32 Å². The van der Waals surface area contributed by atoms with E-state index in [9.17, 15) is 4.79 Å². The first-order chi connectivity index (χ1) is 9.69. The van der Waals surface area contributed by atoms with Gasteiger partial charge in [-0.15, -0.1) is 0 Å². The predicted molar refractivity (Wildman–Crippen MR) is 75.3 cm³/mol. The number of amides is 1. The molecule has 0 fully saturated rings. The normalized spacial score (nSPS) is 9.75. The molecular formula is C16H14N2O2. The quantitative estimate of drug-likeness (QED) is 0.891. The van der Waals surface area contributed by atoms with E-state index in [1.165, 1.54) is 12.1 Å². The van der Waals surface area contributed by atoms with Gasteiger partial charge in [-0.2, -0.15) is 5.26 Å². The Morgan fingerprint density at radius 1 is 1.10 bits per heavy atom. The molecule has 0 unspecified atom stereocenters. The van der Waals surface area contributed by atoms with Crippen molar-refractivity contribution in [2.45, 2.75) is 6.42 Å². The van der Waals surface area contributed by atoms with E-state index in [1.54, 1.807) is 24.3 Å². The first kappa shape index (κ1) is 13.6. The highest BCUT2D eigenvalue weighted by Crippen LogP contribution is 2.09. The number of carbonyl (C=O) groups excluding carboxylic acids is 1. The summed E-state index contributed by atoms with van der Waals surface area (Å²) in [6.45, 7) is 0.519. The van der Waals surface area contributed by atoms with Gasteiger partial charge in [0.05, 0.1) is 11.6 Å². The molecule has 0 saturated heterocycles. The minimum absolute atomic E-state index is 0.138. The van der Waals surface area contributed by atoms with Gasteiger partial charge in [0.1, 0.15) is 5.75 Å². The molecule has 2 N–H and O–H groups in total. The van der Waals surface area contributed by atoms with Crippen LogP contribution < -0.4 is 5.32 Å². The second kappa shape index (κ2) is 6.39. The number of phenols is 1. The van der Waals surface area contributed by atoms with E-state index in [0.29, 0.717) is 24.1 Å². The van der Waals surface area contributed by atoms with Crippen molar-refractivity contribution in [2.24, 2.45) is 0 Å². The summed E-state index contributed by atoms with van der Waals surface area (Å²) in [4.78, 5) is 11.8. The third kappa shape index (κ3) is 3.59. The van der Waals surface area contributed by atoms with Gasteiger partial charge in [-0.05, 0) is 48.4 Å². The summed E-state index contributed by atoms with van der Waals surface area (Å²) in [6, 6.07) is 15.5. The fourth-order valence-electron chi connectivity index (χ4n) is 1.78. The van der Waals surface area contributed by atoms with Crippen LogP contribution in [-0.2, 0) is 6.42 Å². The number of benzene rings is 2. The molecule has 1 amide bonds. The third-order valence-corrected chi connectivity index (χ3v) is 2.91. The lowest BCUT2D eigenvalue weighted by atomic mass is 10.1. The Morgan fingerprint density at radius 3 is 2.35 bits per heavy atom. The summed E-state index contributed by atoms with van der Waals surface area (Å²) in [5, 5.41) is 20.7. The Kier molecular flexibility index (Phi) is 4.35. The number of rotatable bonds is 4. The Bertz CT molecular complexity index is 625. The van der Waals surface area contributed by atoms with Crippen LogP contribution in [0.25, 0.3) is 0 Å². The van der Waals surface area contributed by atoms with E-state index >= 15 is 0 Å². The summed E-state index contributed by atoms with van der Waals surface area (Å²) in [5.41, 5.74) is 2.21. The molecule has 0 bridgehead atoms. The monoisotopic (exact) mass is 266 g/mol. The first-order valence-corrected chi connectivity index (χ1v) is 6.25. The van der Waals surface area contributed by atoms with Crippen molar-refractivity contribution in [1.29, 1.82) is 5.26 Å². The van der Waals surface area contributed by atoms with Crippen LogP contribution in [0.5, 0.6) is 5.75 Å². The number of hydrogen-bond acceptors (Lipinski definition) is 3. The highest BCUT2D eigenvalue weighted by atomic mass is 16.3. The van der Waals surface area contributed by atoms with Crippen LogP contribution in [0.1, 0.15) is 21.5 Å². The maximum absolute atomic E-state index is 11.8. The highest BCUT2D eigenvalue weighted by Gasteiger charge is 2.04. The zero-order valence-electron chi connectivity index (χ0n) is 10.8. The van der Waals surface area contributed by atoms with Gasteiger partial charge in [0.15, 0.2) is 0 Å². The number of nitriles is 1. The van der Waals surface area contributed by atoms with Crippen molar-refractivity contribution >= 4 is 5.91 Å². The van der Waals surface area contributed by atoms with Gasteiger partial charge >= 0.3 is 0 Å². The molecule has 0 aromatic heterocycles. The Hall–Kier alpha value is -2.80. The smallest absolute Gasteiger partial charge is 0.251 e. The molecule has 0 heterocycles. The van der Waals surface area contributed by atoms with Gasteiger partial charge in [0.2, 0.25) is 0 Å². The number of hydrogen-bond donors (Lipinski definition) is 2. The van der Waals surface area contributed by atoms with Gasteiger partial charge in [-0.3, -0.25) is 4.79 Å². The number of nitrogens with one attached hydrogen (secondary N) is 1. The number of nitrogens with zero attached hydrogens (tertiary/aromatic N) is 1. The molecule has 0 radical (unpaired) electrons. The fourth-order valence-corrected chi connectivity index (χ4v) is 1.78. The average Bonchev–Trinajstić information content (AvgIpc) is 2.48. The lowest BCUT2D eigenvalue weighted by Gasteiger charge is -2.05. The lowest BCUT2D eigenvalue weighted by molar-refractivity contribution is 0.0954. The predicted octanol–water partition coefficient (Wildman–Crippen LogP) is 2.24. The second-order valence-corrected chi connectivity index (χ2v) is 4.36. The molecule has 4 heteroatoms. The SMILES string of the molecule is N#Cc1ccc(CCNC(=O)c2ccc(O)cc2)cc1. The fraction of sp³-hybridized carbons (Fsp3) is 0.125. The third-order valence-electron chi connectivity index (χ3n) is 2.91. The molecule has 2 aromatic rings. The molecule has 0 saturated carbocycles. The van der Waals surface area contributed by atoms with E-state index in [0.717, 1.165) is 5.56 Å². The van der Waals surface area contributed by atoms with E-state index < -0.39 is 0 Å². The molecule has 100 valence electrons. The summed E-state index contributed by atoms with van der Waals surface area (Å²) in [6.07, 6.45) is 0.704. The van der Waals surface area contributed by atoms with Crippen molar-refractivity contribution in [2.75, 3.05) is 6.54 Å². The molecule has 4 nitrogen and oxygen atoms in total. The van der Waals surface area contributed by atoms with Crippen LogP contribution >= 0.6 is 0 Å². The number of carbonyl (C=O) groups is 1. The molecule has 2 rings (SSSR count). The van der Waals surface area contributed by atoms with E-state index in [4.69, 9.17) is 10.4 Å². The van der Waals surface area contributed by atoms with Gasteiger partial charge < -0.3 is 10.4 Å². The zero-order valence-corrected chi connectivity index (χ0v) is 10.8. The average molecular weight is 266 g/mol. The Morgan fingerprint density at radius 2 is 1.75 bits per heavy atom. The van der Waals surface area contributed by atoms with Crippen LogP contribution in [0.15, 0.2) is 48.5 Å². The maximum Gasteiger partial charge on any atom is 0.251 e. The van der Waals surface area contributed by atoms with Gasteiger partial charge in [0, 0.05) is 12.1 Å². The molecule has 0 atom stereocenters. The molecule has 0 aliphatic heterocycles. The van der Waals surface area contributed by atoms with Crippen molar-refractivity contribution in [3.05, 3.63) is 65.2 Å². The van der Waals surface area contributed by atoms with Gasteiger partial charge in [-0.1, -0.05) is 12.1 Å². The minimum Gasteiger partial charge on any atom is -0.508 e. The standard InChI is InChI=1S/C16H14N2O2/c17-11-13-3-1-12(2-4-13)9-10-18-16(20)14-5-7-15(19)8-6-14/h1-8,19H,9-10H2,(H,18,20). The summed E-state index contributed by atoms with van der Waals surface area (Å²) < 4.78 is 0. The van der Waals surface area contributed by atoms with E-state index in [-0.39, 0.29) is 11.7 Å². The largest absolute Gasteiger partial charge is 0.508 e. The molecular weight excluding hydrogens is 252 g/mol. The highest BCUT2D eigenvalue weighted by molar-refractivity contribution is 5.94. The topological polar surface area (TPSA) is 73.1 Å². The summed E-state index contributed by atoms with van der Waals surface area (Å²) in [5.74, 6) is -0.0298. The molecule has 2 aromatic carbocycles. The van der Waals surface area contributed by atoms with Crippen LogP contribution in [0.2, 0.25) is 0 Å². The maximum atomic E-state index is 11.8. The summed E-state index contributed by atoms with van der Waals surface area (Å²) >= 11 is 0. The van der Waals surface area contributed by atoms with Crippen LogP contribution in [0.3, 0.4) is 0 Å². The minimum atomic E-state index is -0.168. The van der Waals surface area contributed by atoms with Crippen LogP contribution in [0, 0.1) is 11.3 Å². The van der Waals surface area contributed by atoms with E-state index in [2.05, 4.69) is 11.4 Å². The van der Waals surface area contributed by atoms with Crippen LogP contribution in [-0.4, -0.2) is 17.6 Å². The number of phenolic OH excluding ortho intramolecular Hbond substituents is 1. The van der Waals surface area contributed by atoms with Gasteiger partial charge in [-0.25, -0.2) is 0 Å². The van der Waals surface area contributed by atoms with Gasteiger partial charge in [0.25, 0.3) is 5.91 Å². The van der Waals surface area contributed by atoms with Crippen molar-refractivity contribution in [3.8, 4) is 11.8 Å². The van der Waals surface area contributed by atoms with Crippen molar-refractivity contribution in [3.63, 3.8) is 0 Å². The zero-order chi connectivity index (χ0) is 14.4. The van der Waals surface area contributed by atoms with Crippen molar-refractivity contribution < 1.29 is 9.90 Å². The molecule has 0 spiro atoms. The lowest BCUT2D eigenvalue weighted by Crippen LogP contribution is -2.25. The Labute approximate surface area is 117 Å². The molecule has 0 aliphatic rings. The van der Waals surface area contributed by atoms with Crippen LogP contribution in [0.4, 0.5) is 0 Å². The number of aromatic hydroxyl groups is 1. The summed E-state index contributed by atoms with van der Waals surface area (Å²) in [7, 11) is 0. The van der Waals surface area contributed by atoms with E-state index in [1.807, 2.05) is 12.1 Å².